The second kappa shape index (κ2) is 7.32. The first-order chi connectivity index (χ1) is 10.9. The largest absolute Gasteiger partial charge is 0.573 e. The van der Waals surface area contributed by atoms with Crippen LogP contribution in [0, 0.1) is 0 Å². The van der Waals surface area contributed by atoms with Gasteiger partial charge in [-0.25, -0.2) is 4.98 Å². The Kier molecular flexibility index (Phi) is 5.43. The molecule has 0 fully saturated rings. The Morgan fingerprint density at radius 3 is 2.61 bits per heavy atom. The van der Waals surface area contributed by atoms with Gasteiger partial charge in [0, 0.05) is 11.1 Å². The monoisotopic (exact) mass is 346 g/mol. The van der Waals surface area contributed by atoms with Crippen molar-refractivity contribution >= 4 is 28.1 Å². The van der Waals surface area contributed by atoms with Crippen molar-refractivity contribution < 1.29 is 27.4 Å². The number of halogens is 3. The minimum atomic E-state index is -4.72. The molecule has 23 heavy (non-hydrogen) atoms. The van der Waals surface area contributed by atoms with E-state index in [-0.39, 0.29) is 18.1 Å². The molecule has 1 aromatic carbocycles. The summed E-state index contributed by atoms with van der Waals surface area (Å²) in [6.07, 6.45) is -4.64. The molecule has 2 rings (SSSR count). The van der Waals surface area contributed by atoms with E-state index in [2.05, 4.69) is 15.0 Å². The fourth-order valence-electron chi connectivity index (χ4n) is 1.67. The van der Waals surface area contributed by atoms with Crippen LogP contribution in [0.15, 0.2) is 29.6 Å². The number of nitrogens with one attached hydrogen (secondary N) is 1. The number of rotatable bonds is 6. The molecule has 2 aromatic rings. The van der Waals surface area contributed by atoms with E-state index in [1.807, 2.05) is 0 Å². The van der Waals surface area contributed by atoms with Gasteiger partial charge in [-0.2, -0.15) is 0 Å². The van der Waals surface area contributed by atoms with E-state index in [1.165, 1.54) is 35.6 Å². The number of nitrogens with zero attached hydrogens (tertiary/aromatic N) is 1. The first kappa shape index (κ1) is 17.1. The zero-order valence-corrected chi connectivity index (χ0v) is 12.8. The van der Waals surface area contributed by atoms with Gasteiger partial charge in [0.1, 0.15) is 5.75 Å². The third-order valence-electron chi connectivity index (χ3n) is 2.52. The molecular formula is C14H13F3N2O3S. The van der Waals surface area contributed by atoms with Gasteiger partial charge < -0.3 is 14.8 Å². The lowest BCUT2D eigenvalue weighted by molar-refractivity contribution is -0.274. The van der Waals surface area contributed by atoms with Crippen LogP contribution in [0.3, 0.4) is 0 Å². The van der Waals surface area contributed by atoms with Crippen molar-refractivity contribution in [3.63, 3.8) is 0 Å². The lowest BCUT2D eigenvalue weighted by Gasteiger charge is -2.09. The quantitative estimate of drug-likeness (QED) is 0.804. The molecule has 0 atom stereocenters. The van der Waals surface area contributed by atoms with Gasteiger partial charge in [0.2, 0.25) is 0 Å². The highest BCUT2D eigenvalue weighted by atomic mass is 32.1. The van der Waals surface area contributed by atoms with Gasteiger partial charge in [-0.1, -0.05) is 0 Å². The number of anilines is 2. The van der Waals surface area contributed by atoms with Gasteiger partial charge in [-0.3, -0.25) is 4.79 Å². The molecule has 0 amide bonds. The van der Waals surface area contributed by atoms with Crippen molar-refractivity contribution in [1.82, 2.24) is 4.98 Å². The molecule has 0 radical (unpaired) electrons. The Balaban J connectivity index is 1.94. The lowest BCUT2D eigenvalue weighted by Crippen LogP contribution is -2.16. The Morgan fingerprint density at radius 2 is 2.00 bits per heavy atom. The molecule has 0 aliphatic carbocycles. The minimum absolute atomic E-state index is 0.0738. The number of esters is 1. The molecule has 124 valence electrons. The van der Waals surface area contributed by atoms with E-state index in [1.54, 1.807) is 12.3 Å². The van der Waals surface area contributed by atoms with Crippen molar-refractivity contribution in [2.24, 2.45) is 0 Å². The molecule has 0 unspecified atom stereocenters. The van der Waals surface area contributed by atoms with Crippen LogP contribution in [0.25, 0.3) is 0 Å². The van der Waals surface area contributed by atoms with Crippen molar-refractivity contribution in [3.05, 3.63) is 35.3 Å². The summed E-state index contributed by atoms with van der Waals surface area (Å²) in [6, 6.07) is 5.27. The number of aromatic nitrogens is 1. The van der Waals surface area contributed by atoms with Crippen LogP contribution >= 0.6 is 11.3 Å². The number of carbonyl (C=O) groups is 1. The normalized spacial score (nSPS) is 11.1. The summed E-state index contributed by atoms with van der Waals surface area (Å²) < 4.78 is 44.8. The third kappa shape index (κ3) is 5.78. The molecular weight excluding hydrogens is 333 g/mol. The summed E-state index contributed by atoms with van der Waals surface area (Å²) in [5, 5.41) is 5.17. The van der Waals surface area contributed by atoms with Crippen LogP contribution in [0.1, 0.15) is 12.6 Å². The molecule has 0 saturated carbocycles. The molecule has 1 heterocycles. The highest BCUT2D eigenvalue weighted by Crippen LogP contribution is 2.26. The number of hydrogen-bond acceptors (Lipinski definition) is 6. The van der Waals surface area contributed by atoms with Crippen LogP contribution < -0.4 is 10.1 Å². The van der Waals surface area contributed by atoms with Crippen LogP contribution in [0.4, 0.5) is 24.0 Å². The predicted molar refractivity (Wildman–Crippen MR) is 78.9 cm³/mol. The predicted octanol–water partition coefficient (Wildman–Crippen LogP) is 3.89. The average Bonchev–Trinajstić information content (AvgIpc) is 2.87. The molecule has 9 heteroatoms. The Morgan fingerprint density at radius 1 is 1.30 bits per heavy atom. The van der Waals surface area contributed by atoms with Crippen LogP contribution in [-0.2, 0) is 16.0 Å². The zero-order valence-electron chi connectivity index (χ0n) is 12.0. The molecule has 0 saturated heterocycles. The number of alkyl halides is 3. The summed E-state index contributed by atoms with van der Waals surface area (Å²) in [5.41, 5.74) is 1.12. The van der Waals surface area contributed by atoms with Gasteiger partial charge in [0.25, 0.3) is 0 Å². The maximum atomic E-state index is 12.1. The topological polar surface area (TPSA) is 60.5 Å². The Labute approximate surface area is 134 Å². The first-order valence-electron chi connectivity index (χ1n) is 6.58. The molecule has 0 spiro atoms. The van der Waals surface area contributed by atoms with Gasteiger partial charge in [0.15, 0.2) is 5.13 Å². The Hall–Kier alpha value is -2.29. The SMILES string of the molecule is CCOC(=O)Cc1csc(Nc2ccc(OC(F)(F)F)cc2)n1. The summed E-state index contributed by atoms with van der Waals surface area (Å²) in [6.45, 7) is 2.03. The highest BCUT2D eigenvalue weighted by molar-refractivity contribution is 7.13. The average molecular weight is 346 g/mol. The van der Waals surface area contributed by atoms with Crippen LogP contribution in [-0.4, -0.2) is 23.9 Å². The molecule has 0 aliphatic rings. The summed E-state index contributed by atoms with van der Waals surface area (Å²) in [7, 11) is 0. The number of carbonyl (C=O) groups excluding carboxylic acids is 1. The second-order valence-electron chi connectivity index (χ2n) is 4.32. The van der Waals surface area contributed by atoms with E-state index in [0.717, 1.165) is 0 Å². The molecule has 5 nitrogen and oxygen atoms in total. The van der Waals surface area contributed by atoms with Crippen LogP contribution in [0.5, 0.6) is 5.75 Å². The summed E-state index contributed by atoms with van der Waals surface area (Å²) >= 11 is 1.28. The summed E-state index contributed by atoms with van der Waals surface area (Å²) in [4.78, 5) is 15.6. The maximum absolute atomic E-state index is 12.1. The molecule has 0 aliphatic heterocycles. The molecule has 1 N–H and O–H groups in total. The van der Waals surface area contributed by atoms with Gasteiger partial charge in [0.05, 0.1) is 18.7 Å². The van der Waals surface area contributed by atoms with Crippen molar-refractivity contribution in [1.29, 1.82) is 0 Å². The standard InChI is InChI=1S/C14H13F3N2O3S/c1-2-21-12(20)7-10-8-23-13(19-10)18-9-3-5-11(6-4-9)22-14(15,16)17/h3-6,8H,2,7H2,1H3,(H,18,19). The van der Waals surface area contributed by atoms with E-state index in [0.29, 0.717) is 23.1 Å². The van der Waals surface area contributed by atoms with Gasteiger partial charge in [-0.05, 0) is 31.2 Å². The number of thiazole rings is 1. The van der Waals surface area contributed by atoms with E-state index in [9.17, 15) is 18.0 Å². The second-order valence-corrected chi connectivity index (χ2v) is 5.18. The van der Waals surface area contributed by atoms with E-state index >= 15 is 0 Å². The summed E-state index contributed by atoms with van der Waals surface area (Å²) in [5.74, 6) is -0.664. The fourth-order valence-corrected chi connectivity index (χ4v) is 2.40. The van der Waals surface area contributed by atoms with Crippen molar-refractivity contribution in [2.45, 2.75) is 19.7 Å². The maximum Gasteiger partial charge on any atom is 0.573 e. The van der Waals surface area contributed by atoms with Gasteiger partial charge >= 0.3 is 12.3 Å². The number of ether oxygens (including phenoxy) is 2. The smallest absolute Gasteiger partial charge is 0.466 e. The fraction of sp³-hybridized carbons (Fsp3) is 0.286. The van der Waals surface area contributed by atoms with Crippen molar-refractivity contribution in [2.75, 3.05) is 11.9 Å². The highest BCUT2D eigenvalue weighted by Gasteiger charge is 2.30. The zero-order chi connectivity index (χ0) is 16.9. The first-order valence-corrected chi connectivity index (χ1v) is 7.46. The van der Waals surface area contributed by atoms with E-state index < -0.39 is 6.36 Å². The molecule has 0 bridgehead atoms. The third-order valence-corrected chi connectivity index (χ3v) is 3.33. The number of hydrogen-bond donors (Lipinski definition) is 1. The Bertz CT molecular complexity index is 656. The number of benzene rings is 1. The molecule has 1 aromatic heterocycles. The van der Waals surface area contributed by atoms with Gasteiger partial charge in [-0.15, -0.1) is 24.5 Å². The van der Waals surface area contributed by atoms with E-state index in [4.69, 9.17) is 4.74 Å². The lowest BCUT2D eigenvalue weighted by atomic mass is 10.3. The minimum Gasteiger partial charge on any atom is -0.466 e. The van der Waals surface area contributed by atoms with Crippen LogP contribution in [0.2, 0.25) is 0 Å². The van der Waals surface area contributed by atoms with Crippen molar-refractivity contribution in [3.8, 4) is 5.75 Å².